The molecule has 0 spiro atoms. The second-order valence-corrected chi connectivity index (χ2v) is 6.61. The number of nitrogens with zero attached hydrogens (tertiary/aromatic N) is 3. The summed E-state index contributed by atoms with van der Waals surface area (Å²) in [4.78, 5) is 3.74. The van der Waals surface area contributed by atoms with Gasteiger partial charge in [-0.3, -0.25) is 0 Å². The fourth-order valence-corrected chi connectivity index (χ4v) is 2.84. The number of hydrogen-bond acceptors (Lipinski definition) is 5. The molecule has 0 fully saturated rings. The molecule has 0 atom stereocenters. The monoisotopic (exact) mass is 414 g/mol. The fraction of sp³-hybridized carbons (Fsp3) is 0.227. The minimum Gasteiger partial charge on any atom is -0.439 e. The van der Waals surface area contributed by atoms with Crippen LogP contribution in [0.25, 0.3) is 6.08 Å². The van der Waals surface area contributed by atoms with Gasteiger partial charge in [0.25, 0.3) is 0 Å². The molecule has 0 aliphatic heterocycles. The van der Waals surface area contributed by atoms with Crippen molar-refractivity contribution < 1.29 is 17.9 Å². The topological polar surface area (TPSA) is 73.9 Å². The highest BCUT2D eigenvalue weighted by atomic mass is 19.4. The first-order chi connectivity index (χ1) is 14.4. The minimum absolute atomic E-state index is 0.0916. The van der Waals surface area contributed by atoms with Crippen LogP contribution in [0.3, 0.4) is 0 Å². The zero-order valence-corrected chi connectivity index (χ0v) is 16.1. The molecule has 0 saturated heterocycles. The number of halogens is 3. The lowest BCUT2D eigenvalue weighted by molar-refractivity contribution is -0.137. The van der Waals surface area contributed by atoms with Crippen LogP contribution in [0.5, 0.6) is 11.6 Å². The summed E-state index contributed by atoms with van der Waals surface area (Å²) in [5.41, 5.74) is 7.90. The average Bonchev–Trinajstić information content (AvgIpc) is 2.73. The average molecular weight is 414 g/mol. The van der Waals surface area contributed by atoms with Crippen molar-refractivity contribution in [1.82, 2.24) is 15.2 Å². The molecule has 2 heterocycles. The number of alkyl halides is 3. The Kier molecular flexibility index (Phi) is 7.13. The SMILES string of the molecule is NCC/C(=C\c1cccc(Oc2ccc(C(F)(F)F)cn2)c1)CCc1cccnn1. The van der Waals surface area contributed by atoms with Crippen molar-refractivity contribution in [1.29, 1.82) is 0 Å². The van der Waals surface area contributed by atoms with Gasteiger partial charge in [0.15, 0.2) is 0 Å². The Labute approximate surface area is 172 Å². The van der Waals surface area contributed by atoms with Crippen LogP contribution < -0.4 is 10.5 Å². The molecule has 3 aromatic rings. The van der Waals surface area contributed by atoms with Crippen LogP contribution >= 0.6 is 0 Å². The van der Waals surface area contributed by atoms with E-state index in [1.807, 2.05) is 30.3 Å². The Bertz CT molecular complexity index is 974. The van der Waals surface area contributed by atoms with Crippen molar-refractivity contribution in [3.05, 3.63) is 83.3 Å². The molecule has 156 valence electrons. The van der Waals surface area contributed by atoms with Gasteiger partial charge in [0, 0.05) is 18.5 Å². The van der Waals surface area contributed by atoms with Crippen LogP contribution in [0.2, 0.25) is 0 Å². The standard InChI is InChI=1S/C22H21F3N4O/c23-22(24,25)18-7-9-21(27-15-18)30-20-5-1-3-17(14-20)13-16(10-11-26)6-8-19-4-2-12-28-29-19/h1-5,7,9,12-15H,6,8,10-11,26H2/b16-13-. The maximum absolute atomic E-state index is 12.7. The molecule has 0 amide bonds. The Balaban J connectivity index is 1.70. The maximum Gasteiger partial charge on any atom is 0.417 e. The zero-order valence-electron chi connectivity index (χ0n) is 16.1. The molecule has 1 aromatic carbocycles. The second-order valence-electron chi connectivity index (χ2n) is 6.61. The molecule has 0 saturated carbocycles. The van der Waals surface area contributed by atoms with Gasteiger partial charge in [-0.25, -0.2) is 4.98 Å². The molecular weight excluding hydrogens is 393 g/mol. The molecule has 0 radical (unpaired) electrons. The highest BCUT2D eigenvalue weighted by Gasteiger charge is 2.30. The van der Waals surface area contributed by atoms with Crippen molar-refractivity contribution >= 4 is 6.08 Å². The Morgan fingerprint density at radius 2 is 1.93 bits per heavy atom. The molecule has 8 heteroatoms. The van der Waals surface area contributed by atoms with Crippen molar-refractivity contribution in [2.45, 2.75) is 25.4 Å². The Hall–Kier alpha value is -3.26. The molecule has 2 N–H and O–H groups in total. The van der Waals surface area contributed by atoms with E-state index in [2.05, 4.69) is 15.2 Å². The smallest absolute Gasteiger partial charge is 0.417 e. The number of nitrogens with two attached hydrogens (primary N) is 1. The van der Waals surface area contributed by atoms with Crippen molar-refractivity contribution in [3.8, 4) is 11.6 Å². The lowest BCUT2D eigenvalue weighted by atomic mass is 10.0. The zero-order chi connectivity index (χ0) is 21.4. The van der Waals surface area contributed by atoms with Crippen LogP contribution in [0.4, 0.5) is 13.2 Å². The van der Waals surface area contributed by atoms with Gasteiger partial charge in [-0.05, 0) is 61.7 Å². The summed E-state index contributed by atoms with van der Waals surface area (Å²) in [6, 6.07) is 13.2. The molecule has 0 bridgehead atoms. The van der Waals surface area contributed by atoms with Gasteiger partial charge in [0.2, 0.25) is 5.88 Å². The van der Waals surface area contributed by atoms with E-state index in [4.69, 9.17) is 10.5 Å². The normalized spacial score (nSPS) is 12.1. The fourth-order valence-electron chi connectivity index (χ4n) is 2.84. The molecule has 0 unspecified atom stereocenters. The lowest BCUT2D eigenvalue weighted by Crippen LogP contribution is -2.05. The molecule has 30 heavy (non-hydrogen) atoms. The van der Waals surface area contributed by atoms with Gasteiger partial charge in [-0.2, -0.15) is 23.4 Å². The van der Waals surface area contributed by atoms with Crippen LogP contribution in [0.15, 0.2) is 66.5 Å². The molecule has 0 aliphatic rings. The summed E-state index contributed by atoms with van der Waals surface area (Å²) in [5.74, 6) is 0.575. The van der Waals surface area contributed by atoms with Gasteiger partial charge in [0.1, 0.15) is 5.75 Å². The summed E-state index contributed by atoms with van der Waals surface area (Å²) in [5, 5.41) is 7.98. The number of rotatable bonds is 8. The number of hydrogen-bond donors (Lipinski definition) is 1. The van der Waals surface area contributed by atoms with E-state index in [9.17, 15) is 13.2 Å². The summed E-state index contributed by atoms with van der Waals surface area (Å²) < 4.78 is 43.6. The summed E-state index contributed by atoms with van der Waals surface area (Å²) in [7, 11) is 0. The van der Waals surface area contributed by atoms with E-state index in [0.717, 1.165) is 48.4 Å². The van der Waals surface area contributed by atoms with Gasteiger partial charge >= 0.3 is 6.18 Å². The number of aromatic nitrogens is 3. The number of aryl methyl sites for hydroxylation is 1. The van der Waals surface area contributed by atoms with Crippen molar-refractivity contribution in [2.24, 2.45) is 5.73 Å². The van der Waals surface area contributed by atoms with Crippen LogP contribution in [-0.2, 0) is 12.6 Å². The number of benzene rings is 1. The third-order valence-electron chi connectivity index (χ3n) is 4.31. The number of pyridine rings is 1. The first-order valence-electron chi connectivity index (χ1n) is 9.41. The largest absolute Gasteiger partial charge is 0.439 e. The summed E-state index contributed by atoms with van der Waals surface area (Å²) >= 11 is 0. The highest BCUT2D eigenvalue weighted by Crippen LogP contribution is 2.30. The van der Waals surface area contributed by atoms with Crippen LogP contribution in [-0.4, -0.2) is 21.7 Å². The molecule has 2 aromatic heterocycles. The predicted molar refractivity (Wildman–Crippen MR) is 108 cm³/mol. The first kappa shape index (κ1) is 21.4. The van der Waals surface area contributed by atoms with Crippen LogP contribution in [0.1, 0.15) is 29.7 Å². The van der Waals surface area contributed by atoms with E-state index < -0.39 is 11.7 Å². The number of ether oxygens (including phenoxy) is 1. The van der Waals surface area contributed by atoms with Gasteiger partial charge in [-0.1, -0.05) is 23.8 Å². The maximum atomic E-state index is 12.7. The van der Waals surface area contributed by atoms with Crippen molar-refractivity contribution in [2.75, 3.05) is 6.54 Å². The molecule has 0 aliphatic carbocycles. The Morgan fingerprint density at radius 1 is 1.07 bits per heavy atom. The van der Waals surface area contributed by atoms with E-state index in [1.165, 1.54) is 6.07 Å². The highest BCUT2D eigenvalue weighted by molar-refractivity contribution is 5.55. The summed E-state index contributed by atoms with van der Waals surface area (Å²) in [6.07, 6.45) is 2.29. The molecule has 3 rings (SSSR count). The van der Waals surface area contributed by atoms with E-state index in [0.29, 0.717) is 12.3 Å². The van der Waals surface area contributed by atoms with E-state index in [-0.39, 0.29) is 5.88 Å². The van der Waals surface area contributed by atoms with Crippen molar-refractivity contribution in [3.63, 3.8) is 0 Å². The lowest BCUT2D eigenvalue weighted by Gasteiger charge is -2.09. The third-order valence-corrected chi connectivity index (χ3v) is 4.31. The van der Waals surface area contributed by atoms with Crippen LogP contribution in [0, 0.1) is 0 Å². The van der Waals surface area contributed by atoms with Gasteiger partial charge in [-0.15, -0.1) is 0 Å². The third kappa shape index (κ3) is 6.38. The predicted octanol–water partition coefficient (Wildman–Crippen LogP) is 5.05. The van der Waals surface area contributed by atoms with Gasteiger partial charge < -0.3 is 10.5 Å². The quantitative estimate of drug-likeness (QED) is 0.559. The first-order valence-corrected chi connectivity index (χ1v) is 9.41. The molecule has 5 nitrogen and oxygen atoms in total. The second kappa shape index (κ2) is 9.98. The van der Waals surface area contributed by atoms with E-state index in [1.54, 1.807) is 18.3 Å². The minimum atomic E-state index is -4.43. The molecular formula is C22H21F3N4O. The van der Waals surface area contributed by atoms with Gasteiger partial charge in [0.05, 0.1) is 11.3 Å². The van der Waals surface area contributed by atoms with E-state index >= 15 is 0 Å². The Morgan fingerprint density at radius 3 is 2.60 bits per heavy atom. The summed E-state index contributed by atoms with van der Waals surface area (Å²) in [6.45, 7) is 0.526.